The molecule has 2 N–H and O–H groups in total. The van der Waals surface area contributed by atoms with Crippen LogP contribution in [0.1, 0.15) is 32.8 Å². The van der Waals surface area contributed by atoms with Crippen molar-refractivity contribution in [1.29, 1.82) is 0 Å². The number of carboxylic acids is 1. The molecule has 0 fully saturated rings. The Hall–Kier alpha value is -1.89. The summed E-state index contributed by atoms with van der Waals surface area (Å²) in [5, 5.41) is 12.7. The highest BCUT2D eigenvalue weighted by Crippen LogP contribution is 2.22. The molecule has 0 unspecified atom stereocenters. The highest BCUT2D eigenvalue weighted by Gasteiger charge is 2.26. The molecule has 1 aromatic carbocycles. The van der Waals surface area contributed by atoms with Gasteiger partial charge in [-0.25, -0.2) is 4.83 Å². The smallest absolute Gasteiger partial charge is 0.304 e. The molecule has 0 radical (unpaired) electrons. The molecule has 21 heavy (non-hydrogen) atoms. The molecule has 0 aromatic heterocycles. The van der Waals surface area contributed by atoms with Crippen molar-refractivity contribution in [3.05, 3.63) is 29.8 Å². The highest BCUT2D eigenvalue weighted by atomic mass is 32.2. The van der Waals surface area contributed by atoms with Gasteiger partial charge in [-0.3, -0.25) is 4.79 Å². The van der Waals surface area contributed by atoms with Crippen LogP contribution in [0.4, 0.5) is 0 Å². The number of hydrazone groups is 1. The van der Waals surface area contributed by atoms with Crippen molar-refractivity contribution in [3.63, 3.8) is 0 Å². The SMILES string of the molecule is C/C(=N/NS(=O)(=O)c1ccc(C)cc1)C(C)(C)CC(=O)O. The standard InChI is InChI=1S/C14H20N2O4S/c1-10-5-7-12(8-6-10)21(19,20)16-15-11(2)14(3,4)9-13(17)18/h5-8,16H,9H2,1-4H3,(H,17,18)/b15-11-. The average molecular weight is 312 g/mol. The van der Waals surface area contributed by atoms with Gasteiger partial charge in [-0.05, 0) is 26.0 Å². The van der Waals surface area contributed by atoms with Gasteiger partial charge in [0.05, 0.1) is 11.3 Å². The summed E-state index contributed by atoms with van der Waals surface area (Å²) in [6, 6.07) is 6.37. The Balaban J connectivity index is 2.92. The van der Waals surface area contributed by atoms with E-state index in [2.05, 4.69) is 9.93 Å². The fraction of sp³-hybridized carbons (Fsp3) is 0.429. The number of sulfonamides is 1. The molecule has 0 saturated carbocycles. The molecule has 7 heteroatoms. The molecule has 0 aliphatic carbocycles. The first-order chi connectivity index (χ1) is 9.54. The number of aliphatic carboxylic acids is 1. The van der Waals surface area contributed by atoms with Crippen LogP contribution < -0.4 is 4.83 Å². The van der Waals surface area contributed by atoms with Crippen LogP contribution in [0.25, 0.3) is 0 Å². The van der Waals surface area contributed by atoms with E-state index in [1.54, 1.807) is 32.9 Å². The lowest BCUT2D eigenvalue weighted by Gasteiger charge is -2.22. The molecule has 0 aliphatic rings. The summed E-state index contributed by atoms with van der Waals surface area (Å²) < 4.78 is 24.1. The highest BCUT2D eigenvalue weighted by molar-refractivity contribution is 7.89. The molecule has 1 rings (SSSR count). The second kappa shape index (κ2) is 6.26. The Bertz CT molecular complexity index is 646. The topological polar surface area (TPSA) is 95.8 Å². The molecule has 0 atom stereocenters. The van der Waals surface area contributed by atoms with Crippen molar-refractivity contribution in [2.24, 2.45) is 10.5 Å². The number of carbonyl (C=O) groups is 1. The predicted molar refractivity (Wildman–Crippen MR) is 80.6 cm³/mol. The Morgan fingerprint density at radius 3 is 2.29 bits per heavy atom. The van der Waals surface area contributed by atoms with Gasteiger partial charge in [0.15, 0.2) is 0 Å². The van der Waals surface area contributed by atoms with Crippen molar-refractivity contribution in [2.75, 3.05) is 0 Å². The van der Waals surface area contributed by atoms with E-state index in [0.29, 0.717) is 5.71 Å². The summed E-state index contributed by atoms with van der Waals surface area (Å²) in [5.74, 6) is -0.962. The largest absolute Gasteiger partial charge is 0.481 e. The van der Waals surface area contributed by atoms with E-state index < -0.39 is 21.4 Å². The minimum atomic E-state index is -3.75. The normalized spacial score (nSPS) is 13.0. The molecule has 6 nitrogen and oxygen atoms in total. The number of nitrogens with zero attached hydrogens (tertiary/aromatic N) is 1. The van der Waals surface area contributed by atoms with E-state index >= 15 is 0 Å². The molecule has 0 heterocycles. The first-order valence-electron chi connectivity index (χ1n) is 6.40. The van der Waals surface area contributed by atoms with Crippen LogP contribution in [-0.2, 0) is 14.8 Å². The van der Waals surface area contributed by atoms with Gasteiger partial charge in [-0.15, -0.1) is 0 Å². The van der Waals surface area contributed by atoms with Gasteiger partial charge < -0.3 is 5.11 Å². The maximum atomic E-state index is 12.1. The third-order valence-corrected chi connectivity index (χ3v) is 4.46. The van der Waals surface area contributed by atoms with E-state index in [-0.39, 0.29) is 11.3 Å². The van der Waals surface area contributed by atoms with Gasteiger partial charge in [0.25, 0.3) is 10.0 Å². The molecule has 0 saturated heterocycles. The predicted octanol–water partition coefficient (Wildman–Crippen LogP) is 2.15. The van der Waals surface area contributed by atoms with Gasteiger partial charge >= 0.3 is 5.97 Å². The maximum Gasteiger partial charge on any atom is 0.304 e. The van der Waals surface area contributed by atoms with Crippen LogP contribution >= 0.6 is 0 Å². The first kappa shape index (κ1) is 17.2. The summed E-state index contributed by atoms with van der Waals surface area (Å²) in [4.78, 5) is 13.0. The summed E-state index contributed by atoms with van der Waals surface area (Å²) in [5.41, 5.74) is 0.624. The van der Waals surface area contributed by atoms with E-state index in [1.807, 2.05) is 6.92 Å². The first-order valence-corrected chi connectivity index (χ1v) is 7.88. The monoisotopic (exact) mass is 312 g/mol. The molecule has 1 aromatic rings. The van der Waals surface area contributed by atoms with Crippen LogP contribution in [0.5, 0.6) is 0 Å². The van der Waals surface area contributed by atoms with E-state index in [9.17, 15) is 13.2 Å². The third kappa shape index (κ3) is 4.86. The zero-order valence-corrected chi connectivity index (χ0v) is 13.4. The number of benzene rings is 1. The zero-order valence-electron chi connectivity index (χ0n) is 12.5. The number of aryl methyl sites for hydroxylation is 1. The average Bonchev–Trinajstić information content (AvgIpc) is 2.35. The molecule has 0 spiro atoms. The number of hydrogen-bond donors (Lipinski definition) is 2. The Kier molecular flexibility index (Phi) is 5.11. The molecule has 0 aliphatic heterocycles. The lowest BCUT2D eigenvalue weighted by atomic mass is 9.85. The van der Waals surface area contributed by atoms with Crippen molar-refractivity contribution >= 4 is 21.7 Å². The van der Waals surface area contributed by atoms with E-state index in [1.165, 1.54) is 12.1 Å². The Morgan fingerprint density at radius 2 is 1.81 bits per heavy atom. The van der Waals surface area contributed by atoms with Crippen LogP contribution in [0.3, 0.4) is 0 Å². The fourth-order valence-corrected chi connectivity index (χ4v) is 2.41. The lowest BCUT2D eigenvalue weighted by molar-refractivity contribution is -0.138. The fourth-order valence-electron chi connectivity index (χ4n) is 1.56. The summed E-state index contributed by atoms with van der Waals surface area (Å²) >= 11 is 0. The van der Waals surface area contributed by atoms with Crippen LogP contribution in [0, 0.1) is 12.3 Å². The van der Waals surface area contributed by atoms with Gasteiger partial charge in [0.2, 0.25) is 0 Å². The van der Waals surface area contributed by atoms with Gasteiger partial charge in [-0.2, -0.15) is 13.5 Å². The third-order valence-electron chi connectivity index (χ3n) is 3.24. The Morgan fingerprint density at radius 1 is 1.29 bits per heavy atom. The second-order valence-electron chi connectivity index (χ2n) is 5.56. The molecular weight excluding hydrogens is 292 g/mol. The van der Waals surface area contributed by atoms with Gasteiger partial charge in [0.1, 0.15) is 0 Å². The number of hydrogen-bond acceptors (Lipinski definition) is 4. The van der Waals surface area contributed by atoms with Gasteiger partial charge in [0, 0.05) is 11.1 Å². The van der Waals surface area contributed by atoms with E-state index in [4.69, 9.17) is 5.11 Å². The summed E-state index contributed by atoms with van der Waals surface area (Å²) in [7, 11) is -3.75. The number of rotatable bonds is 6. The zero-order chi connectivity index (χ0) is 16.3. The van der Waals surface area contributed by atoms with Crippen molar-refractivity contribution in [3.8, 4) is 0 Å². The maximum absolute atomic E-state index is 12.1. The summed E-state index contributed by atoms with van der Waals surface area (Å²) in [6.45, 7) is 6.85. The van der Waals surface area contributed by atoms with Crippen molar-refractivity contribution in [2.45, 2.75) is 39.0 Å². The van der Waals surface area contributed by atoms with Crippen LogP contribution in [0.15, 0.2) is 34.3 Å². The van der Waals surface area contributed by atoms with Crippen molar-refractivity contribution in [1.82, 2.24) is 4.83 Å². The summed E-state index contributed by atoms with van der Waals surface area (Å²) in [6.07, 6.45) is -0.130. The van der Waals surface area contributed by atoms with Crippen LogP contribution in [0.2, 0.25) is 0 Å². The van der Waals surface area contributed by atoms with Gasteiger partial charge in [-0.1, -0.05) is 31.5 Å². The minimum absolute atomic E-state index is 0.112. The number of nitrogens with one attached hydrogen (secondary N) is 1. The van der Waals surface area contributed by atoms with Crippen molar-refractivity contribution < 1.29 is 18.3 Å². The minimum Gasteiger partial charge on any atom is -0.481 e. The lowest BCUT2D eigenvalue weighted by Crippen LogP contribution is -2.29. The molecular formula is C14H20N2O4S. The number of carboxylic acid groups (broad SMARTS) is 1. The second-order valence-corrected chi connectivity index (χ2v) is 7.22. The Labute approximate surface area is 124 Å². The molecule has 0 amide bonds. The molecule has 0 bridgehead atoms. The molecule has 116 valence electrons. The van der Waals surface area contributed by atoms with Crippen LogP contribution in [-0.4, -0.2) is 25.2 Å². The van der Waals surface area contributed by atoms with E-state index in [0.717, 1.165) is 5.56 Å². The quantitative estimate of drug-likeness (QED) is 0.621.